The molecular weight excluding hydrogens is 389 g/mol. The van der Waals surface area contributed by atoms with Gasteiger partial charge in [-0.05, 0) is 56.5 Å². The van der Waals surface area contributed by atoms with E-state index in [-0.39, 0.29) is 11.8 Å². The molecule has 148 valence electrons. The van der Waals surface area contributed by atoms with Crippen LogP contribution in [0.5, 0.6) is 0 Å². The topological polar surface area (TPSA) is 71.1 Å². The van der Waals surface area contributed by atoms with E-state index in [0.29, 0.717) is 28.5 Å². The Morgan fingerprint density at radius 3 is 2.69 bits per heavy atom. The van der Waals surface area contributed by atoms with Crippen LogP contribution in [0.25, 0.3) is 0 Å². The minimum absolute atomic E-state index is 0.210. The molecule has 1 unspecified atom stereocenters. The first-order valence-electron chi connectivity index (χ1n) is 9.43. The van der Waals surface area contributed by atoms with E-state index in [0.717, 1.165) is 23.3 Å². The van der Waals surface area contributed by atoms with E-state index >= 15 is 0 Å². The number of hydrogen-bond acceptors (Lipinski definition) is 4. The predicted octanol–water partition coefficient (Wildman–Crippen LogP) is 4.90. The summed E-state index contributed by atoms with van der Waals surface area (Å²) in [4.78, 5) is 30.8. The molecule has 0 spiro atoms. The Kier molecular flexibility index (Phi) is 5.40. The van der Waals surface area contributed by atoms with Gasteiger partial charge in [-0.1, -0.05) is 23.8 Å². The number of fused-ring (bicyclic) bond motifs is 1. The van der Waals surface area contributed by atoms with Crippen LogP contribution in [0.3, 0.4) is 0 Å². The van der Waals surface area contributed by atoms with Crippen molar-refractivity contribution in [2.45, 2.75) is 32.1 Å². The van der Waals surface area contributed by atoms with Gasteiger partial charge in [-0.25, -0.2) is 9.37 Å². The molecule has 0 bridgehead atoms. The lowest BCUT2D eigenvalue weighted by molar-refractivity contribution is -0.117. The minimum Gasteiger partial charge on any atom is -0.325 e. The van der Waals surface area contributed by atoms with E-state index in [9.17, 15) is 14.0 Å². The molecule has 1 aromatic heterocycles. The zero-order valence-corrected chi connectivity index (χ0v) is 16.7. The number of amides is 2. The van der Waals surface area contributed by atoms with Crippen molar-refractivity contribution >= 4 is 34.0 Å². The molecule has 4 rings (SSSR count). The van der Waals surface area contributed by atoms with Gasteiger partial charge < -0.3 is 5.32 Å². The van der Waals surface area contributed by atoms with E-state index < -0.39 is 11.7 Å². The van der Waals surface area contributed by atoms with E-state index in [2.05, 4.69) is 15.6 Å². The molecule has 0 saturated carbocycles. The fourth-order valence-electron chi connectivity index (χ4n) is 3.40. The molecule has 5 nitrogen and oxygen atoms in total. The number of hydrogen-bond donors (Lipinski definition) is 2. The molecule has 1 aliphatic carbocycles. The van der Waals surface area contributed by atoms with Gasteiger partial charge in [-0.2, -0.15) is 0 Å². The van der Waals surface area contributed by atoms with Crippen LogP contribution in [0.15, 0.2) is 48.5 Å². The zero-order valence-electron chi connectivity index (χ0n) is 15.9. The third-order valence-electron chi connectivity index (χ3n) is 4.90. The molecule has 0 radical (unpaired) electrons. The number of aromatic nitrogens is 1. The van der Waals surface area contributed by atoms with Gasteiger partial charge in [0.05, 0.1) is 11.6 Å². The molecule has 1 atom stereocenters. The molecule has 1 heterocycles. The van der Waals surface area contributed by atoms with E-state index in [1.807, 2.05) is 19.1 Å². The van der Waals surface area contributed by atoms with Gasteiger partial charge >= 0.3 is 0 Å². The van der Waals surface area contributed by atoms with E-state index in [4.69, 9.17) is 0 Å². The highest BCUT2D eigenvalue weighted by molar-refractivity contribution is 7.16. The minimum atomic E-state index is -0.414. The summed E-state index contributed by atoms with van der Waals surface area (Å²) in [6, 6.07) is 13.1. The van der Waals surface area contributed by atoms with Crippen LogP contribution < -0.4 is 10.6 Å². The number of thiazole rings is 1. The summed E-state index contributed by atoms with van der Waals surface area (Å²) in [5.74, 6) is -1.25. The maximum absolute atomic E-state index is 13.4. The third kappa shape index (κ3) is 4.35. The SMILES string of the molecule is Cc1ccc(C(=O)Nc2nc3c(s2)CCCC3C(=O)Nc2cccc(F)c2)cc1. The first-order valence-corrected chi connectivity index (χ1v) is 10.3. The molecule has 2 aromatic carbocycles. The number of anilines is 2. The van der Waals surface area contributed by atoms with Crippen LogP contribution in [0.4, 0.5) is 15.2 Å². The van der Waals surface area contributed by atoms with Crippen molar-refractivity contribution in [3.8, 4) is 0 Å². The Morgan fingerprint density at radius 2 is 1.93 bits per heavy atom. The highest BCUT2D eigenvalue weighted by Gasteiger charge is 2.30. The lowest BCUT2D eigenvalue weighted by Gasteiger charge is -2.20. The molecule has 1 aliphatic rings. The Labute approximate surface area is 172 Å². The summed E-state index contributed by atoms with van der Waals surface area (Å²) in [5.41, 5.74) is 2.77. The van der Waals surface area contributed by atoms with Crippen LogP contribution in [-0.4, -0.2) is 16.8 Å². The van der Waals surface area contributed by atoms with Gasteiger partial charge in [0.1, 0.15) is 5.82 Å². The number of rotatable bonds is 4. The standard InChI is InChI=1S/C22H20FN3O2S/c1-13-8-10-14(11-9-13)20(27)26-22-25-19-17(6-3-7-18(19)29-22)21(28)24-16-5-2-4-15(23)12-16/h2,4-5,8-12,17H,3,6-7H2,1H3,(H,24,28)(H,25,26,27). The summed E-state index contributed by atoms with van der Waals surface area (Å²) in [6.45, 7) is 1.96. The predicted molar refractivity (Wildman–Crippen MR) is 112 cm³/mol. The summed E-state index contributed by atoms with van der Waals surface area (Å²) < 4.78 is 13.4. The summed E-state index contributed by atoms with van der Waals surface area (Å²) >= 11 is 1.41. The van der Waals surface area contributed by atoms with Crippen molar-refractivity contribution < 1.29 is 14.0 Å². The normalized spacial score (nSPS) is 15.4. The third-order valence-corrected chi connectivity index (χ3v) is 5.94. The van der Waals surface area contributed by atoms with E-state index in [1.54, 1.807) is 24.3 Å². The lowest BCUT2D eigenvalue weighted by Crippen LogP contribution is -2.24. The molecule has 0 saturated heterocycles. The van der Waals surface area contributed by atoms with Crippen LogP contribution in [0.1, 0.15) is 45.3 Å². The number of aryl methyl sites for hydroxylation is 2. The van der Waals surface area contributed by atoms with Crippen molar-refractivity contribution in [2.24, 2.45) is 0 Å². The molecular formula is C22H20FN3O2S. The average molecular weight is 409 g/mol. The summed E-state index contributed by atoms with van der Waals surface area (Å²) in [7, 11) is 0. The smallest absolute Gasteiger partial charge is 0.257 e. The number of benzene rings is 2. The van der Waals surface area contributed by atoms with Crippen molar-refractivity contribution in [3.63, 3.8) is 0 Å². The summed E-state index contributed by atoms with van der Waals surface area (Å²) in [5, 5.41) is 6.10. The monoisotopic (exact) mass is 409 g/mol. The van der Waals surface area contributed by atoms with Crippen LogP contribution in [-0.2, 0) is 11.2 Å². The fraction of sp³-hybridized carbons (Fsp3) is 0.227. The van der Waals surface area contributed by atoms with Gasteiger partial charge in [0, 0.05) is 16.1 Å². The maximum atomic E-state index is 13.4. The Hall–Kier alpha value is -3.06. The molecule has 3 aromatic rings. The van der Waals surface area contributed by atoms with Crippen molar-refractivity contribution in [1.29, 1.82) is 0 Å². The van der Waals surface area contributed by atoms with Crippen LogP contribution >= 0.6 is 11.3 Å². The second-order valence-electron chi connectivity index (χ2n) is 7.09. The molecule has 2 amide bonds. The largest absolute Gasteiger partial charge is 0.325 e. The fourth-order valence-corrected chi connectivity index (χ4v) is 4.46. The molecule has 0 aliphatic heterocycles. The second-order valence-corrected chi connectivity index (χ2v) is 8.18. The van der Waals surface area contributed by atoms with Crippen molar-refractivity contribution in [2.75, 3.05) is 10.6 Å². The highest BCUT2D eigenvalue weighted by atomic mass is 32.1. The highest BCUT2D eigenvalue weighted by Crippen LogP contribution is 2.37. The summed E-state index contributed by atoms with van der Waals surface area (Å²) in [6.07, 6.45) is 2.36. The van der Waals surface area contributed by atoms with Gasteiger partial charge in [-0.3, -0.25) is 14.9 Å². The van der Waals surface area contributed by atoms with Gasteiger partial charge in [0.25, 0.3) is 5.91 Å². The molecule has 29 heavy (non-hydrogen) atoms. The van der Waals surface area contributed by atoms with Crippen molar-refractivity contribution in [1.82, 2.24) is 4.98 Å². The second kappa shape index (κ2) is 8.13. The Balaban J connectivity index is 1.50. The Morgan fingerprint density at radius 1 is 1.14 bits per heavy atom. The zero-order chi connectivity index (χ0) is 20.4. The molecule has 2 N–H and O–H groups in total. The van der Waals surface area contributed by atoms with Crippen LogP contribution in [0, 0.1) is 12.7 Å². The average Bonchev–Trinajstić information content (AvgIpc) is 3.10. The number of carbonyl (C=O) groups excluding carboxylic acids is 2. The van der Waals surface area contributed by atoms with Gasteiger partial charge in [-0.15, -0.1) is 11.3 Å². The first kappa shape index (κ1) is 19.3. The van der Waals surface area contributed by atoms with Gasteiger partial charge in [0.15, 0.2) is 5.13 Å². The number of carbonyl (C=O) groups is 2. The van der Waals surface area contributed by atoms with E-state index in [1.165, 1.54) is 23.5 Å². The Bertz CT molecular complexity index is 1060. The first-order chi connectivity index (χ1) is 14.0. The van der Waals surface area contributed by atoms with Gasteiger partial charge in [0.2, 0.25) is 5.91 Å². The number of nitrogens with zero attached hydrogens (tertiary/aromatic N) is 1. The lowest BCUT2D eigenvalue weighted by atomic mass is 9.90. The maximum Gasteiger partial charge on any atom is 0.257 e. The quantitative estimate of drug-likeness (QED) is 0.644. The van der Waals surface area contributed by atoms with Crippen LogP contribution in [0.2, 0.25) is 0 Å². The number of nitrogens with one attached hydrogen (secondary N) is 2. The molecule has 0 fully saturated rings. The number of halogens is 1. The molecule has 7 heteroatoms. The van der Waals surface area contributed by atoms with Crippen molar-refractivity contribution in [3.05, 3.63) is 76.0 Å².